The molecular weight excluding hydrogens is 530 g/mol. The molecule has 4 rings (SSSR count). The zero-order chi connectivity index (χ0) is 22.0. The Morgan fingerprint density at radius 1 is 1.26 bits per heavy atom. The maximum absolute atomic E-state index is 12.6. The average Bonchev–Trinajstić information content (AvgIpc) is 3.29. The molecule has 1 amide bonds. The Morgan fingerprint density at radius 3 is 2.84 bits per heavy atom. The number of nitrogens with two attached hydrogens (primary N) is 1. The highest BCUT2D eigenvalue weighted by Crippen LogP contribution is 2.37. The van der Waals surface area contributed by atoms with Crippen LogP contribution in [-0.2, 0) is 18.3 Å². The maximum atomic E-state index is 12.6. The first-order valence-corrected chi connectivity index (χ1v) is 11.2. The van der Waals surface area contributed by atoms with Crippen molar-refractivity contribution in [3.05, 3.63) is 57.1 Å². The predicted molar refractivity (Wildman–Crippen MR) is 126 cm³/mol. The number of carbonyl (C=O) groups is 1. The number of aromatic nitrogens is 2. The summed E-state index contributed by atoms with van der Waals surface area (Å²) in [6, 6.07) is 11.3. The first-order valence-electron chi connectivity index (χ1n) is 9.66. The molecule has 0 unspecified atom stereocenters. The van der Waals surface area contributed by atoms with E-state index < -0.39 is 6.09 Å². The van der Waals surface area contributed by atoms with Crippen LogP contribution in [0.2, 0.25) is 0 Å². The lowest BCUT2D eigenvalue weighted by Crippen LogP contribution is -2.28. The van der Waals surface area contributed by atoms with Gasteiger partial charge in [0, 0.05) is 29.3 Å². The van der Waals surface area contributed by atoms with Crippen molar-refractivity contribution in [2.75, 3.05) is 30.1 Å². The Balaban J connectivity index is 1.54. The van der Waals surface area contributed by atoms with Gasteiger partial charge in [0.1, 0.15) is 12.4 Å². The Kier molecular flexibility index (Phi) is 6.49. The van der Waals surface area contributed by atoms with E-state index in [2.05, 4.69) is 42.3 Å². The number of halogens is 2. The number of carbonyl (C=O) groups excluding carboxylic acids is 1. The molecule has 2 heterocycles. The fraction of sp³-hybridized carbons (Fsp3) is 0.238. The lowest BCUT2D eigenvalue weighted by molar-refractivity contribution is 0.150. The van der Waals surface area contributed by atoms with Crippen LogP contribution >= 0.6 is 31.9 Å². The standard InChI is InChI=1S/C21H21Br2N5O3/c1-27-20(17(23)12-25-27)16-11-15(3-5-19(16)30-9-7-24)26-21(29)31-28-8-6-13-10-14(22)2-4-18(13)28/h2-5,10-12H,6-9,24H2,1H3,(H,26,29). The molecule has 0 saturated heterocycles. The molecule has 0 saturated carbocycles. The summed E-state index contributed by atoms with van der Waals surface area (Å²) in [5, 5.41) is 8.67. The Morgan fingerprint density at radius 2 is 2.10 bits per heavy atom. The number of nitrogens with one attached hydrogen (secondary N) is 1. The fourth-order valence-electron chi connectivity index (χ4n) is 3.48. The molecule has 0 bridgehead atoms. The van der Waals surface area contributed by atoms with Crippen molar-refractivity contribution in [3.63, 3.8) is 0 Å². The molecule has 1 aromatic heterocycles. The Hall–Kier alpha value is -2.56. The molecule has 0 spiro atoms. The minimum atomic E-state index is -0.568. The van der Waals surface area contributed by atoms with Gasteiger partial charge in [-0.1, -0.05) is 15.9 Å². The van der Waals surface area contributed by atoms with Gasteiger partial charge < -0.3 is 15.3 Å². The van der Waals surface area contributed by atoms with Crippen LogP contribution in [0.15, 0.2) is 51.5 Å². The summed E-state index contributed by atoms with van der Waals surface area (Å²) in [5.74, 6) is 0.646. The van der Waals surface area contributed by atoms with Gasteiger partial charge in [-0.3, -0.25) is 10.00 Å². The molecule has 0 fully saturated rings. The number of anilines is 2. The lowest BCUT2D eigenvalue weighted by Gasteiger charge is -2.19. The van der Waals surface area contributed by atoms with E-state index in [4.69, 9.17) is 15.3 Å². The van der Waals surface area contributed by atoms with Gasteiger partial charge in [0.15, 0.2) is 0 Å². The highest BCUT2D eigenvalue weighted by molar-refractivity contribution is 9.10. The largest absolute Gasteiger partial charge is 0.492 e. The number of nitrogens with zero attached hydrogens (tertiary/aromatic N) is 3. The van der Waals surface area contributed by atoms with E-state index in [1.165, 1.54) is 0 Å². The first-order chi connectivity index (χ1) is 15.0. The van der Waals surface area contributed by atoms with Crippen molar-refractivity contribution >= 4 is 49.3 Å². The second-order valence-corrected chi connectivity index (χ2v) is 8.71. The van der Waals surface area contributed by atoms with E-state index in [1.54, 1.807) is 28.1 Å². The Bertz CT molecular complexity index is 1100. The first kappa shape index (κ1) is 21.7. The monoisotopic (exact) mass is 549 g/mol. The van der Waals surface area contributed by atoms with Crippen LogP contribution in [-0.4, -0.2) is 35.6 Å². The molecule has 8 nitrogen and oxygen atoms in total. The summed E-state index contributed by atoms with van der Waals surface area (Å²) in [6.07, 6.45) is 1.95. The van der Waals surface area contributed by atoms with E-state index in [0.29, 0.717) is 31.1 Å². The van der Waals surface area contributed by atoms with Crippen molar-refractivity contribution < 1.29 is 14.4 Å². The number of rotatable bonds is 6. The average molecular weight is 551 g/mol. The highest BCUT2D eigenvalue weighted by atomic mass is 79.9. The number of hydrogen-bond donors (Lipinski definition) is 2. The minimum Gasteiger partial charge on any atom is -0.492 e. The van der Waals surface area contributed by atoms with Crippen LogP contribution in [0.1, 0.15) is 5.56 Å². The summed E-state index contributed by atoms with van der Waals surface area (Å²) in [7, 11) is 1.84. The smallest absolute Gasteiger partial charge is 0.436 e. The SMILES string of the molecule is Cn1ncc(Br)c1-c1cc(NC(=O)ON2CCc3cc(Br)ccc32)ccc1OCCN. The number of aryl methyl sites for hydroxylation is 1. The summed E-state index contributed by atoms with van der Waals surface area (Å²) >= 11 is 6.99. The van der Waals surface area contributed by atoms with Crippen LogP contribution in [0.3, 0.4) is 0 Å². The molecule has 2 aromatic carbocycles. The summed E-state index contributed by atoms with van der Waals surface area (Å²) in [6.45, 7) is 1.38. The number of benzene rings is 2. The third kappa shape index (κ3) is 4.70. The summed E-state index contributed by atoms with van der Waals surface area (Å²) in [4.78, 5) is 18.1. The molecule has 0 aliphatic carbocycles. The summed E-state index contributed by atoms with van der Waals surface area (Å²) in [5.41, 5.74) is 9.78. The third-order valence-electron chi connectivity index (χ3n) is 4.84. The van der Waals surface area contributed by atoms with E-state index in [9.17, 15) is 4.79 Å². The van der Waals surface area contributed by atoms with Gasteiger partial charge in [0.05, 0.1) is 28.6 Å². The lowest BCUT2D eigenvalue weighted by atomic mass is 10.1. The van der Waals surface area contributed by atoms with Gasteiger partial charge in [-0.25, -0.2) is 9.86 Å². The zero-order valence-electron chi connectivity index (χ0n) is 16.8. The second-order valence-electron chi connectivity index (χ2n) is 6.94. The number of fused-ring (bicyclic) bond motifs is 1. The number of hydrogen-bond acceptors (Lipinski definition) is 6. The van der Waals surface area contributed by atoms with E-state index in [0.717, 1.165) is 37.9 Å². The van der Waals surface area contributed by atoms with Gasteiger partial charge >= 0.3 is 6.09 Å². The quantitative estimate of drug-likeness (QED) is 0.470. The zero-order valence-corrected chi connectivity index (χ0v) is 19.9. The molecule has 1 aliphatic heterocycles. The molecule has 31 heavy (non-hydrogen) atoms. The van der Waals surface area contributed by atoms with Gasteiger partial charge in [-0.05, 0) is 64.3 Å². The second kappa shape index (κ2) is 9.29. The maximum Gasteiger partial charge on any atom is 0.436 e. The van der Waals surface area contributed by atoms with E-state index in [1.807, 2.05) is 31.3 Å². The normalized spacial score (nSPS) is 12.6. The van der Waals surface area contributed by atoms with Crippen molar-refractivity contribution in [2.24, 2.45) is 12.8 Å². The molecule has 3 aromatic rings. The van der Waals surface area contributed by atoms with Crippen molar-refractivity contribution in [1.29, 1.82) is 0 Å². The van der Waals surface area contributed by atoms with Gasteiger partial charge in [0.2, 0.25) is 0 Å². The highest BCUT2D eigenvalue weighted by Gasteiger charge is 2.23. The minimum absolute atomic E-state index is 0.377. The predicted octanol–water partition coefficient (Wildman–Crippen LogP) is 4.48. The molecule has 3 N–H and O–H groups in total. The van der Waals surface area contributed by atoms with Crippen LogP contribution in [0, 0.1) is 0 Å². The van der Waals surface area contributed by atoms with Crippen molar-refractivity contribution in [3.8, 4) is 17.0 Å². The van der Waals surface area contributed by atoms with E-state index >= 15 is 0 Å². The van der Waals surface area contributed by atoms with Gasteiger partial charge in [-0.2, -0.15) is 5.10 Å². The number of amides is 1. The number of ether oxygens (including phenoxy) is 1. The topological polar surface area (TPSA) is 94.6 Å². The van der Waals surface area contributed by atoms with E-state index in [-0.39, 0.29) is 0 Å². The Labute approximate surface area is 196 Å². The molecule has 10 heteroatoms. The van der Waals surface area contributed by atoms with Crippen LogP contribution in [0.5, 0.6) is 5.75 Å². The van der Waals surface area contributed by atoms with Crippen LogP contribution in [0.25, 0.3) is 11.3 Å². The van der Waals surface area contributed by atoms with Crippen molar-refractivity contribution in [1.82, 2.24) is 9.78 Å². The summed E-state index contributed by atoms with van der Waals surface area (Å²) < 4.78 is 9.34. The molecular formula is C21H21Br2N5O3. The van der Waals surface area contributed by atoms with Gasteiger partial charge in [-0.15, -0.1) is 0 Å². The third-order valence-corrected chi connectivity index (χ3v) is 5.91. The molecule has 0 radical (unpaired) electrons. The number of hydroxylamine groups is 1. The van der Waals surface area contributed by atoms with Crippen molar-refractivity contribution in [2.45, 2.75) is 6.42 Å². The molecule has 162 valence electrons. The van der Waals surface area contributed by atoms with Crippen LogP contribution in [0.4, 0.5) is 16.2 Å². The fourth-order valence-corrected chi connectivity index (χ4v) is 4.45. The molecule has 0 atom stereocenters. The molecule has 1 aliphatic rings. The van der Waals surface area contributed by atoms with Crippen LogP contribution < -0.4 is 20.9 Å². The van der Waals surface area contributed by atoms with Gasteiger partial charge in [0.25, 0.3) is 0 Å².